The lowest BCUT2D eigenvalue weighted by atomic mass is 10.0. The molecular weight excluding hydrogens is 407 g/mol. The number of pyridine rings is 1. The van der Waals surface area contributed by atoms with E-state index in [1.54, 1.807) is 12.3 Å². The van der Waals surface area contributed by atoms with Gasteiger partial charge in [0, 0.05) is 23.5 Å². The molecule has 0 saturated carbocycles. The number of carbonyl (C=O) groups is 2. The van der Waals surface area contributed by atoms with Crippen LogP contribution < -0.4 is 10.9 Å². The molecule has 2 amide bonds. The fourth-order valence-electron chi connectivity index (χ4n) is 3.66. The highest BCUT2D eigenvalue weighted by molar-refractivity contribution is 5.90. The maximum absolute atomic E-state index is 13.9. The second-order valence-corrected chi connectivity index (χ2v) is 7.50. The Morgan fingerprint density at radius 3 is 2.50 bits per heavy atom. The smallest absolute Gasteiger partial charge is 0.242 e. The van der Waals surface area contributed by atoms with Crippen LogP contribution in [-0.2, 0) is 22.4 Å². The van der Waals surface area contributed by atoms with Gasteiger partial charge in [-0.3, -0.25) is 25.4 Å². The number of hydrogen-bond donors (Lipinski definition) is 3. The van der Waals surface area contributed by atoms with Crippen molar-refractivity contribution >= 4 is 22.7 Å². The summed E-state index contributed by atoms with van der Waals surface area (Å²) in [5.41, 5.74) is 9.09. The number of amides is 2. The summed E-state index contributed by atoms with van der Waals surface area (Å²) in [5, 5.41) is 0.780. The number of benzene rings is 2. The van der Waals surface area contributed by atoms with Gasteiger partial charge in [0.1, 0.15) is 5.82 Å². The van der Waals surface area contributed by atoms with Gasteiger partial charge in [0.25, 0.3) is 0 Å². The van der Waals surface area contributed by atoms with Crippen LogP contribution in [0.5, 0.6) is 0 Å². The van der Waals surface area contributed by atoms with Crippen molar-refractivity contribution < 1.29 is 14.0 Å². The Morgan fingerprint density at radius 1 is 0.938 bits per heavy atom. The number of nitrogens with zero attached hydrogens (tertiary/aromatic N) is 1. The van der Waals surface area contributed by atoms with Crippen LogP contribution in [0, 0.1) is 5.82 Å². The lowest BCUT2D eigenvalue weighted by molar-refractivity contribution is -0.128. The number of aromatic nitrogens is 2. The monoisotopic (exact) mass is 430 g/mol. The third kappa shape index (κ3) is 5.18. The van der Waals surface area contributed by atoms with E-state index in [0.717, 1.165) is 33.4 Å². The number of rotatable bonds is 7. The molecule has 0 fully saturated rings. The zero-order valence-corrected chi connectivity index (χ0v) is 17.4. The van der Waals surface area contributed by atoms with Gasteiger partial charge in [0.05, 0.1) is 17.8 Å². The van der Waals surface area contributed by atoms with Gasteiger partial charge in [0.15, 0.2) is 0 Å². The molecule has 7 heteroatoms. The zero-order chi connectivity index (χ0) is 22.3. The molecule has 0 aliphatic rings. The number of halogens is 1. The number of H-pyrrole nitrogens is 1. The summed E-state index contributed by atoms with van der Waals surface area (Å²) in [6.07, 6.45) is 3.20. The molecule has 2 aromatic carbocycles. The van der Waals surface area contributed by atoms with Crippen molar-refractivity contribution in [1.82, 2.24) is 20.8 Å². The molecule has 0 atom stereocenters. The minimum atomic E-state index is -0.316. The lowest BCUT2D eigenvalue weighted by Crippen LogP contribution is -2.42. The van der Waals surface area contributed by atoms with E-state index >= 15 is 0 Å². The van der Waals surface area contributed by atoms with Gasteiger partial charge in [-0.05, 0) is 54.3 Å². The maximum atomic E-state index is 13.9. The molecule has 2 aromatic heterocycles. The second kappa shape index (κ2) is 9.87. The van der Waals surface area contributed by atoms with Crippen molar-refractivity contribution in [3.63, 3.8) is 0 Å². The van der Waals surface area contributed by atoms with Crippen LogP contribution in [0.2, 0.25) is 0 Å². The van der Waals surface area contributed by atoms with Gasteiger partial charge < -0.3 is 4.98 Å². The van der Waals surface area contributed by atoms with Crippen LogP contribution in [0.3, 0.4) is 0 Å². The Morgan fingerprint density at radius 2 is 1.72 bits per heavy atom. The first-order chi connectivity index (χ1) is 15.6. The van der Waals surface area contributed by atoms with Gasteiger partial charge in [-0.2, -0.15) is 0 Å². The highest BCUT2D eigenvalue weighted by Gasteiger charge is 2.15. The zero-order valence-electron chi connectivity index (χ0n) is 17.4. The number of aromatic amines is 1. The topological polar surface area (TPSA) is 86.9 Å². The van der Waals surface area contributed by atoms with Crippen molar-refractivity contribution in [1.29, 1.82) is 0 Å². The molecule has 2 heterocycles. The average Bonchev–Trinajstić information content (AvgIpc) is 3.17. The summed E-state index contributed by atoms with van der Waals surface area (Å²) in [6.45, 7) is 0. The van der Waals surface area contributed by atoms with Crippen LogP contribution in [0.25, 0.3) is 22.3 Å². The molecule has 0 saturated heterocycles. The van der Waals surface area contributed by atoms with Gasteiger partial charge in [-0.1, -0.05) is 36.4 Å². The van der Waals surface area contributed by atoms with Crippen molar-refractivity contribution in [2.45, 2.75) is 25.7 Å². The van der Waals surface area contributed by atoms with E-state index in [2.05, 4.69) is 20.8 Å². The van der Waals surface area contributed by atoms with E-state index in [0.29, 0.717) is 12.8 Å². The number of aryl methyl sites for hydroxylation is 1. The van der Waals surface area contributed by atoms with Gasteiger partial charge in [-0.25, -0.2) is 4.39 Å². The Kier molecular flexibility index (Phi) is 6.55. The molecule has 3 N–H and O–H groups in total. The summed E-state index contributed by atoms with van der Waals surface area (Å²) in [6, 6.07) is 19.5. The number of hydrazine groups is 1. The standard InChI is InChI=1S/C25H23FN4O2/c26-18-12-13-21-20(16-18)19(25(28-21)22-10-4-5-14-27-22)9-6-11-23(31)29-30-24(32)15-17-7-2-1-3-8-17/h1-5,7-8,10,12-14,16,28H,6,9,11,15H2,(H,29,31)(H,30,32). The number of hydrogen-bond acceptors (Lipinski definition) is 3. The van der Waals surface area contributed by atoms with Crippen LogP contribution in [0.4, 0.5) is 4.39 Å². The molecule has 0 radical (unpaired) electrons. The number of carbonyl (C=O) groups excluding carboxylic acids is 2. The Balaban J connectivity index is 1.37. The molecule has 6 nitrogen and oxygen atoms in total. The highest BCUT2D eigenvalue weighted by Crippen LogP contribution is 2.31. The van der Waals surface area contributed by atoms with Crippen LogP contribution in [0.1, 0.15) is 24.0 Å². The molecule has 162 valence electrons. The summed E-state index contributed by atoms with van der Waals surface area (Å²) in [4.78, 5) is 31.9. The Bertz CT molecular complexity index is 1220. The third-order valence-corrected chi connectivity index (χ3v) is 5.17. The minimum Gasteiger partial charge on any atom is -0.353 e. The number of nitrogens with one attached hydrogen (secondary N) is 3. The van der Waals surface area contributed by atoms with Crippen LogP contribution >= 0.6 is 0 Å². The SMILES string of the molecule is O=C(CCCc1c(-c2ccccn2)[nH]c2ccc(F)cc12)NNC(=O)Cc1ccccc1. The van der Waals surface area contributed by atoms with Gasteiger partial charge in [0.2, 0.25) is 11.8 Å². The summed E-state index contributed by atoms with van der Waals surface area (Å²) < 4.78 is 13.9. The van der Waals surface area contributed by atoms with E-state index in [1.807, 2.05) is 48.5 Å². The molecule has 0 bridgehead atoms. The van der Waals surface area contributed by atoms with E-state index in [-0.39, 0.29) is 30.5 Å². The third-order valence-electron chi connectivity index (χ3n) is 5.17. The highest BCUT2D eigenvalue weighted by atomic mass is 19.1. The molecule has 0 aliphatic carbocycles. The maximum Gasteiger partial charge on any atom is 0.242 e. The first-order valence-electron chi connectivity index (χ1n) is 10.4. The first kappa shape index (κ1) is 21.2. The molecule has 4 aromatic rings. The normalized spacial score (nSPS) is 10.8. The van der Waals surface area contributed by atoms with Crippen molar-refractivity contribution in [2.75, 3.05) is 0 Å². The molecule has 0 spiro atoms. The van der Waals surface area contributed by atoms with E-state index < -0.39 is 0 Å². The predicted octanol–water partition coefficient (Wildman–Crippen LogP) is 4.08. The molecule has 4 rings (SSSR count). The fourth-order valence-corrected chi connectivity index (χ4v) is 3.66. The lowest BCUT2D eigenvalue weighted by Gasteiger charge is -2.08. The van der Waals surface area contributed by atoms with Crippen molar-refractivity contribution in [3.05, 3.63) is 89.9 Å². The Labute approximate surface area is 184 Å². The summed E-state index contributed by atoms with van der Waals surface area (Å²) in [5.74, 6) is -0.880. The minimum absolute atomic E-state index is 0.190. The van der Waals surface area contributed by atoms with Gasteiger partial charge >= 0.3 is 0 Å². The predicted molar refractivity (Wildman–Crippen MR) is 121 cm³/mol. The Hall–Kier alpha value is -4.00. The summed E-state index contributed by atoms with van der Waals surface area (Å²) >= 11 is 0. The quantitative estimate of drug-likeness (QED) is 0.386. The van der Waals surface area contributed by atoms with Gasteiger partial charge in [-0.15, -0.1) is 0 Å². The molecule has 0 aliphatic heterocycles. The molecule has 32 heavy (non-hydrogen) atoms. The summed E-state index contributed by atoms with van der Waals surface area (Å²) in [7, 11) is 0. The van der Waals surface area contributed by atoms with Crippen LogP contribution in [-0.4, -0.2) is 21.8 Å². The van der Waals surface area contributed by atoms with E-state index in [9.17, 15) is 14.0 Å². The molecular formula is C25H23FN4O2. The van der Waals surface area contributed by atoms with Crippen LogP contribution in [0.15, 0.2) is 72.9 Å². The first-order valence-corrected chi connectivity index (χ1v) is 10.4. The number of fused-ring (bicyclic) bond motifs is 1. The van der Waals surface area contributed by atoms with E-state index in [4.69, 9.17) is 0 Å². The second-order valence-electron chi connectivity index (χ2n) is 7.50. The largest absolute Gasteiger partial charge is 0.353 e. The fraction of sp³-hybridized carbons (Fsp3) is 0.160. The molecule has 0 unspecified atom stereocenters. The van der Waals surface area contributed by atoms with Crippen molar-refractivity contribution in [3.8, 4) is 11.4 Å². The van der Waals surface area contributed by atoms with E-state index in [1.165, 1.54) is 12.1 Å². The van der Waals surface area contributed by atoms with Crippen molar-refractivity contribution in [2.24, 2.45) is 0 Å². The average molecular weight is 430 g/mol.